The fourth-order valence-corrected chi connectivity index (χ4v) is 5.35. The smallest absolute Gasteiger partial charge is 0.258 e. The Hall–Kier alpha value is -1.99. The van der Waals surface area contributed by atoms with Gasteiger partial charge in [-0.2, -0.15) is 0 Å². The first-order valence-corrected chi connectivity index (χ1v) is 13.8. The number of halogens is 1. The summed E-state index contributed by atoms with van der Waals surface area (Å²) >= 11 is 0. The van der Waals surface area contributed by atoms with E-state index in [-0.39, 0.29) is 30.2 Å². The molecule has 0 saturated carbocycles. The average Bonchev–Trinajstić information content (AvgIpc) is 3.43. The number of rotatable bonds is 14. The highest BCUT2D eigenvalue weighted by Crippen LogP contribution is 2.44. The van der Waals surface area contributed by atoms with Gasteiger partial charge < -0.3 is 38.8 Å². The van der Waals surface area contributed by atoms with Gasteiger partial charge in [0.2, 0.25) is 0 Å². The van der Waals surface area contributed by atoms with Crippen molar-refractivity contribution >= 4 is 11.4 Å². The molecule has 196 valence electrons. The summed E-state index contributed by atoms with van der Waals surface area (Å²) in [5.74, 6) is 2.68. The summed E-state index contributed by atoms with van der Waals surface area (Å²) in [6, 6.07) is 16.7. The molecular formula is C31H43IN2O2. The van der Waals surface area contributed by atoms with Gasteiger partial charge in [0.15, 0.2) is 23.1 Å². The molecule has 0 aromatic heterocycles. The number of benzene rings is 2. The molecule has 4 nitrogen and oxygen atoms in total. The molecule has 0 bridgehead atoms. The van der Waals surface area contributed by atoms with Crippen molar-refractivity contribution in [2.45, 2.75) is 84.3 Å². The van der Waals surface area contributed by atoms with Crippen molar-refractivity contribution in [1.82, 2.24) is 4.48 Å². The van der Waals surface area contributed by atoms with E-state index in [1.165, 1.54) is 69.9 Å². The molecule has 1 N–H and O–H groups in total. The van der Waals surface area contributed by atoms with Crippen molar-refractivity contribution in [2.75, 3.05) is 18.4 Å². The molecule has 2 heterocycles. The Kier molecular flexibility index (Phi) is 11.6. The molecule has 0 amide bonds. The highest BCUT2D eigenvalue weighted by molar-refractivity contribution is 5.64. The molecule has 36 heavy (non-hydrogen) atoms. The molecule has 0 radical (unpaired) electrons. The van der Waals surface area contributed by atoms with Crippen LogP contribution in [0.25, 0.3) is 0 Å². The minimum Gasteiger partial charge on any atom is -1.00 e. The molecular weight excluding hydrogens is 559 g/mol. The highest BCUT2D eigenvalue weighted by Gasteiger charge is 2.46. The maximum Gasteiger partial charge on any atom is 0.258 e. The number of fused-ring (bicyclic) bond motifs is 2. The normalized spacial score (nSPS) is 18.3. The zero-order chi connectivity index (χ0) is 24.3. The number of anilines is 1. The van der Waals surface area contributed by atoms with E-state index in [0.717, 1.165) is 40.6 Å². The fourth-order valence-electron chi connectivity index (χ4n) is 5.35. The van der Waals surface area contributed by atoms with Crippen molar-refractivity contribution < 1.29 is 33.5 Å². The fraction of sp³-hybridized carbons (Fsp3) is 0.484. The third kappa shape index (κ3) is 7.06. The number of hydrogen-bond acceptors (Lipinski definition) is 3. The number of nitrogens with one attached hydrogen (secondary N) is 1. The quantitative estimate of drug-likeness (QED) is 0.175. The topological polar surface area (TPSA) is 30.5 Å². The van der Waals surface area contributed by atoms with Crippen molar-refractivity contribution in [1.29, 1.82) is 0 Å². The van der Waals surface area contributed by atoms with Crippen LogP contribution in [0, 0.1) is 0 Å². The molecule has 4 rings (SSSR count). The van der Waals surface area contributed by atoms with E-state index in [2.05, 4.69) is 55.6 Å². The summed E-state index contributed by atoms with van der Waals surface area (Å²) in [5, 5.41) is 3.35. The summed E-state index contributed by atoms with van der Waals surface area (Å²) in [5.41, 5.74) is 2.37. The first-order chi connectivity index (χ1) is 17.3. The summed E-state index contributed by atoms with van der Waals surface area (Å²) in [6.45, 7) is 6.82. The third-order valence-electron chi connectivity index (χ3n) is 7.29. The van der Waals surface area contributed by atoms with Gasteiger partial charge in [-0.3, -0.25) is 0 Å². The van der Waals surface area contributed by atoms with Crippen molar-refractivity contribution in [3.05, 3.63) is 72.6 Å². The Bertz CT molecular complexity index is 963. The summed E-state index contributed by atoms with van der Waals surface area (Å²) in [6.07, 6.45) is 19.3. The van der Waals surface area contributed by atoms with Crippen molar-refractivity contribution in [3.63, 3.8) is 0 Å². The minimum absolute atomic E-state index is 0. The molecule has 5 heteroatoms. The van der Waals surface area contributed by atoms with Crippen LogP contribution in [0.3, 0.4) is 0 Å². The highest BCUT2D eigenvalue weighted by atomic mass is 127. The van der Waals surface area contributed by atoms with E-state index in [4.69, 9.17) is 9.47 Å². The molecule has 0 aliphatic carbocycles. The van der Waals surface area contributed by atoms with E-state index in [1.54, 1.807) is 0 Å². The largest absolute Gasteiger partial charge is 1.00 e. The van der Waals surface area contributed by atoms with Gasteiger partial charge >= 0.3 is 0 Å². The first-order valence-electron chi connectivity index (χ1n) is 13.8. The van der Waals surface area contributed by atoms with Crippen LogP contribution < -0.4 is 43.3 Å². The van der Waals surface area contributed by atoms with Crippen LogP contribution in [0.15, 0.2) is 72.6 Å². The van der Waals surface area contributed by atoms with Gasteiger partial charge in [-0.25, -0.2) is 4.48 Å². The third-order valence-corrected chi connectivity index (χ3v) is 7.29. The van der Waals surface area contributed by atoms with E-state index < -0.39 is 0 Å². The second-order valence-corrected chi connectivity index (χ2v) is 9.92. The van der Waals surface area contributed by atoms with Gasteiger partial charge in [0.25, 0.3) is 6.23 Å². The van der Waals surface area contributed by atoms with Crippen LogP contribution in [0.1, 0.15) is 78.1 Å². The van der Waals surface area contributed by atoms with E-state index >= 15 is 0 Å². The number of para-hydroxylation sites is 4. The molecule has 0 fully saturated rings. The van der Waals surface area contributed by atoms with Crippen LogP contribution in [0.5, 0.6) is 11.5 Å². The average molecular weight is 603 g/mol. The molecule has 2 aromatic rings. The maximum absolute atomic E-state index is 6.60. The Morgan fingerprint density at radius 3 is 2.06 bits per heavy atom. The van der Waals surface area contributed by atoms with Crippen LogP contribution >= 0.6 is 0 Å². The molecule has 1 atom stereocenters. The second kappa shape index (κ2) is 14.7. The van der Waals surface area contributed by atoms with Crippen molar-refractivity contribution in [2.24, 2.45) is 0 Å². The predicted molar refractivity (Wildman–Crippen MR) is 148 cm³/mol. The first kappa shape index (κ1) is 28.6. The zero-order valence-corrected chi connectivity index (χ0v) is 24.2. The summed E-state index contributed by atoms with van der Waals surface area (Å²) < 4.78 is 13.4. The van der Waals surface area contributed by atoms with Crippen LogP contribution in [-0.2, 0) is 0 Å². The van der Waals surface area contributed by atoms with Gasteiger partial charge in [0.05, 0.1) is 18.8 Å². The van der Waals surface area contributed by atoms with Gasteiger partial charge in [-0.15, -0.1) is 0 Å². The molecule has 2 aliphatic heterocycles. The van der Waals surface area contributed by atoms with Gasteiger partial charge in [0.1, 0.15) is 0 Å². The SMILES string of the molecule is CCCCCCC[N+]1(CCCCCCC)c2ccccc2OC1C=CC=C1Nc2ccccc2O1.[I-]. The second-order valence-electron chi connectivity index (χ2n) is 9.92. The lowest BCUT2D eigenvalue weighted by Gasteiger charge is -2.37. The lowest BCUT2D eigenvalue weighted by molar-refractivity contribution is -0.00000837. The Labute approximate surface area is 235 Å². The Balaban J connectivity index is 0.00000361. The number of quaternary nitrogens is 1. The molecule has 1 unspecified atom stereocenters. The van der Waals surface area contributed by atoms with Crippen LogP contribution in [-0.4, -0.2) is 19.3 Å². The number of ether oxygens (including phenoxy) is 2. The molecule has 0 spiro atoms. The van der Waals surface area contributed by atoms with E-state index in [1.807, 2.05) is 30.3 Å². The molecule has 2 aromatic carbocycles. The minimum atomic E-state index is -0.00891. The van der Waals surface area contributed by atoms with Gasteiger partial charge in [-0.05, 0) is 50.0 Å². The number of nitrogens with zero attached hydrogens (tertiary/aromatic N) is 1. The van der Waals surface area contributed by atoms with Gasteiger partial charge in [0, 0.05) is 12.1 Å². The monoisotopic (exact) mass is 602 g/mol. The van der Waals surface area contributed by atoms with Crippen LogP contribution in [0.4, 0.5) is 11.4 Å². The van der Waals surface area contributed by atoms with Gasteiger partial charge in [-0.1, -0.05) is 82.7 Å². The lowest BCUT2D eigenvalue weighted by Crippen LogP contribution is -3.00. The number of unbranched alkanes of at least 4 members (excludes halogenated alkanes) is 8. The molecule has 2 aliphatic rings. The Morgan fingerprint density at radius 2 is 1.39 bits per heavy atom. The standard InChI is InChI=1S/C31H43N2O2.HI/c1-3-5-7-9-15-24-33(25-16-10-8-6-4-2)27-19-12-14-21-29(27)35-31(33)23-17-22-30-32-26-18-11-13-20-28(26)34-30;/h11-14,17-23,31-32H,3-10,15-16,24-25H2,1-2H3;1H/q+1;/p-1. The maximum atomic E-state index is 6.60. The number of allylic oxidation sites excluding steroid dienone is 2. The Morgan fingerprint density at radius 1 is 0.778 bits per heavy atom. The zero-order valence-electron chi connectivity index (χ0n) is 22.1. The number of hydrogen-bond donors (Lipinski definition) is 1. The van der Waals surface area contributed by atoms with E-state index in [9.17, 15) is 0 Å². The van der Waals surface area contributed by atoms with Crippen molar-refractivity contribution in [3.8, 4) is 11.5 Å². The predicted octanol–water partition coefficient (Wildman–Crippen LogP) is 5.56. The molecule has 0 saturated heterocycles. The van der Waals surface area contributed by atoms with E-state index in [0.29, 0.717) is 0 Å². The van der Waals surface area contributed by atoms with Crippen LogP contribution in [0.2, 0.25) is 0 Å². The summed E-state index contributed by atoms with van der Waals surface area (Å²) in [7, 11) is 0. The lowest BCUT2D eigenvalue weighted by atomic mass is 10.1. The summed E-state index contributed by atoms with van der Waals surface area (Å²) in [4.78, 5) is 0.